The molecule has 0 radical (unpaired) electrons. The Labute approximate surface area is 127 Å². The van der Waals surface area contributed by atoms with Crippen LogP contribution < -0.4 is 5.32 Å². The second kappa shape index (κ2) is 5.31. The molecule has 1 spiro atoms. The number of benzene rings is 2. The summed E-state index contributed by atoms with van der Waals surface area (Å²) in [6, 6.07) is 20.2. The van der Waals surface area contributed by atoms with E-state index in [1.54, 1.807) is 11.1 Å². The zero-order chi connectivity index (χ0) is 14.1. The van der Waals surface area contributed by atoms with E-state index in [1.807, 2.05) is 0 Å². The molecule has 2 aromatic rings. The van der Waals surface area contributed by atoms with Crippen molar-refractivity contribution < 1.29 is 0 Å². The van der Waals surface area contributed by atoms with E-state index >= 15 is 0 Å². The predicted octanol–water partition coefficient (Wildman–Crippen LogP) is 3.94. The minimum absolute atomic E-state index is 0.459. The highest BCUT2D eigenvalue weighted by Gasteiger charge is 2.43. The van der Waals surface area contributed by atoms with Gasteiger partial charge in [-0.15, -0.1) is 0 Å². The summed E-state index contributed by atoms with van der Waals surface area (Å²) in [5, 5.41) is 3.63. The van der Waals surface area contributed by atoms with E-state index in [2.05, 4.69) is 59.9 Å². The molecule has 2 aliphatic rings. The quantitative estimate of drug-likeness (QED) is 0.832. The molecule has 1 heteroatoms. The number of hydrogen-bond donors (Lipinski definition) is 1. The van der Waals surface area contributed by atoms with Crippen molar-refractivity contribution >= 4 is 0 Å². The van der Waals surface area contributed by atoms with Gasteiger partial charge < -0.3 is 5.32 Å². The van der Waals surface area contributed by atoms with Gasteiger partial charge in [0.05, 0.1) is 0 Å². The molecule has 1 aliphatic heterocycles. The van der Waals surface area contributed by atoms with Crippen LogP contribution in [0.1, 0.15) is 35.4 Å². The molecule has 1 saturated heterocycles. The van der Waals surface area contributed by atoms with Gasteiger partial charge in [-0.25, -0.2) is 0 Å². The van der Waals surface area contributed by atoms with Crippen LogP contribution >= 0.6 is 0 Å². The lowest BCUT2D eigenvalue weighted by Crippen LogP contribution is -2.46. The molecule has 0 saturated carbocycles. The van der Waals surface area contributed by atoms with E-state index in [0.29, 0.717) is 11.3 Å². The largest absolute Gasteiger partial charge is 0.316 e. The van der Waals surface area contributed by atoms with Crippen LogP contribution in [0.3, 0.4) is 0 Å². The van der Waals surface area contributed by atoms with Crippen LogP contribution in [0, 0.1) is 5.41 Å². The molecule has 0 aromatic heterocycles. The highest BCUT2D eigenvalue weighted by Crippen LogP contribution is 2.49. The first kappa shape index (κ1) is 13.1. The highest BCUT2D eigenvalue weighted by atomic mass is 14.9. The van der Waals surface area contributed by atoms with Crippen molar-refractivity contribution in [1.82, 2.24) is 5.32 Å². The molecule has 2 aromatic carbocycles. The van der Waals surface area contributed by atoms with Crippen molar-refractivity contribution in [3.63, 3.8) is 0 Å². The average Bonchev–Trinajstić information content (AvgIpc) is 2.56. The minimum atomic E-state index is 0.459. The van der Waals surface area contributed by atoms with Crippen LogP contribution in [0.15, 0.2) is 54.6 Å². The second-order valence-electron chi connectivity index (χ2n) is 6.73. The summed E-state index contributed by atoms with van der Waals surface area (Å²) in [6.07, 6.45) is 5.15. The second-order valence-corrected chi connectivity index (χ2v) is 6.73. The third-order valence-electron chi connectivity index (χ3n) is 5.64. The lowest BCUT2D eigenvalue weighted by Gasteiger charge is -2.48. The number of nitrogens with one attached hydrogen (secondary N) is 1. The van der Waals surface area contributed by atoms with E-state index in [-0.39, 0.29) is 0 Å². The molecule has 1 aliphatic carbocycles. The van der Waals surface area contributed by atoms with Gasteiger partial charge in [-0.3, -0.25) is 0 Å². The molecule has 1 heterocycles. The smallest absolute Gasteiger partial charge is 0.00256 e. The van der Waals surface area contributed by atoms with E-state index in [1.165, 1.54) is 37.8 Å². The van der Waals surface area contributed by atoms with Gasteiger partial charge >= 0.3 is 0 Å². The van der Waals surface area contributed by atoms with Gasteiger partial charge in [-0.2, -0.15) is 0 Å². The van der Waals surface area contributed by atoms with Gasteiger partial charge in [0.2, 0.25) is 0 Å². The van der Waals surface area contributed by atoms with E-state index in [4.69, 9.17) is 0 Å². The first-order chi connectivity index (χ1) is 10.4. The molecular weight excluding hydrogens is 254 g/mol. The molecule has 1 fully saturated rings. The lowest BCUT2D eigenvalue weighted by molar-refractivity contribution is 0.138. The van der Waals surface area contributed by atoms with Crippen LogP contribution in [-0.2, 0) is 12.8 Å². The van der Waals surface area contributed by atoms with E-state index in [0.717, 1.165) is 6.54 Å². The van der Waals surface area contributed by atoms with Crippen molar-refractivity contribution in [3.05, 3.63) is 71.3 Å². The molecule has 2 unspecified atom stereocenters. The number of rotatable bonds is 1. The molecule has 1 N–H and O–H groups in total. The zero-order valence-corrected chi connectivity index (χ0v) is 12.5. The Hall–Kier alpha value is -1.60. The maximum Gasteiger partial charge on any atom is 0.00256 e. The standard InChI is InChI=1S/C20H23N/c1-2-7-17(8-3-1)19-15-21-13-12-20(19)11-10-16-6-4-5-9-18(16)14-20/h1-9,19,21H,10-15H2. The highest BCUT2D eigenvalue weighted by molar-refractivity contribution is 5.34. The van der Waals surface area contributed by atoms with E-state index < -0.39 is 0 Å². The number of fused-ring (bicyclic) bond motifs is 1. The summed E-state index contributed by atoms with van der Waals surface area (Å²) in [5.74, 6) is 0.654. The van der Waals surface area contributed by atoms with Gasteiger partial charge in [-0.05, 0) is 54.3 Å². The Morgan fingerprint density at radius 3 is 2.48 bits per heavy atom. The van der Waals surface area contributed by atoms with Crippen molar-refractivity contribution in [2.45, 2.75) is 31.6 Å². The van der Waals surface area contributed by atoms with Crippen LogP contribution in [0.5, 0.6) is 0 Å². The number of aryl methyl sites for hydroxylation is 1. The molecule has 21 heavy (non-hydrogen) atoms. The lowest BCUT2D eigenvalue weighted by atomic mass is 9.59. The SMILES string of the molecule is c1ccc(C2CNCCC23CCc2ccccc2C3)cc1. The summed E-state index contributed by atoms with van der Waals surface area (Å²) < 4.78 is 0. The molecule has 1 nitrogen and oxygen atoms in total. The average molecular weight is 277 g/mol. The fourth-order valence-corrected chi connectivity index (χ4v) is 4.47. The van der Waals surface area contributed by atoms with Gasteiger partial charge in [0.15, 0.2) is 0 Å². The molecular formula is C20H23N. The Bertz CT molecular complexity index is 619. The third-order valence-corrected chi connectivity index (χ3v) is 5.64. The summed E-state index contributed by atoms with van der Waals surface area (Å²) in [4.78, 5) is 0. The molecule has 108 valence electrons. The maximum absolute atomic E-state index is 3.63. The van der Waals surface area contributed by atoms with Crippen molar-refractivity contribution in [1.29, 1.82) is 0 Å². The maximum atomic E-state index is 3.63. The number of piperidine rings is 1. The van der Waals surface area contributed by atoms with Crippen LogP contribution in [0.25, 0.3) is 0 Å². The number of hydrogen-bond acceptors (Lipinski definition) is 1. The summed E-state index contributed by atoms with van der Waals surface area (Å²) >= 11 is 0. The molecule has 0 bridgehead atoms. The third kappa shape index (κ3) is 2.30. The Morgan fingerprint density at radius 1 is 0.857 bits per heavy atom. The molecule has 4 rings (SSSR count). The zero-order valence-electron chi connectivity index (χ0n) is 12.5. The van der Waals surface area contributed by atoms with Crippen LogP contribution in [-0.4, -0.2) is 13.1 Å². The van der Waals surface area contributed by atoms with Crippen LogP contribution in [0.2, 0.25) is 0 Å². The Morgan fingerprint density at radius 2 is 1.62 bits per heavy atom. The Kier molecular flexibility index (Phi) is 3.31. The summed E-state index contributed by atoms with van der Waals surface area (Å²) in [5.41, 5.74) is 5.14. The minimum Gasteiger partial charge on any atom is -0.316 e. The molecule has 2 atom stereocenters. The van der Waals surface area contributed by atoms with E-state index in [9.17, 15) is 0 Å². The predicted molar refractivity (Wildman–Crippen MR) is 87.6 cm³/mol. The monoisotopic (exact) mass is 277 g/mol. The van der Waals surface area contributed by atoms with Gasteiger partial charge in [0.1, 0.15) is 0 Å². The van der Waals surface area contributed by atoms with Crippen molar-refractivity contribution in [2.24, 2.45) is 5.41 Å². The Balaban J connectivity index is 1.72. The summed E-state index contributed by atoms with van der Waals surface area (Å²) in [6.45, 7) is 2.30. The normalized spacial score (nSPS) is 28.3. The fourth-order valence-electron chi connectivity index (χ4n) is 4.47. The molecule has 0 amide bonds. The topological polar surface area (TPSA) is 12.0 Å². The van der Waals surface area contributed by atoms with Gasteiger partial charge in [0.25, 0.3) is 0 Å². The van der Waals surface area contributed by atoms with Crippen LogP contribution in [0.4, 0.5) is 0 Å². The van der Waals surface area contributed by atoms with Gasteiger partial charge in [0, 0.05) is 12.5 Å². The first-order valence-electron chi connectivity index (χ1n) is 8.20. The fraction of sp³-hybridized carbons (Fsp3) is 0.400. The van der Waals surface area contributed by atoms with Gasteiger partial charge in [-0.1, -0.05) is 54.6 Å². The van der Waals surface area contributed by atoms with Crippen molar-refractivity contribution in [2.75, 3.05) is 13.1 Å². The first-order valence-corrected chi connectivity index (χ1v) is 8.20. The summed E-state index contributed by atoms with van der Waals surface area (Å²) in [7, 11) is 0. The van der Waals surface area contributed by atoms with Crippen molar-refractivity contribution in [3.8, 4) is 0 Å².